The molecule has 5 rings (SSSR count). The minimum atomic E-state index is -0.382. The Balaban J connectivity index is 1.38. The van der Waals surface area contributed by atoms with E-state index in [1.807, 2.05) is 66.9 Å². The van der Waals surface area contributed by atoms with E-state index in [2.05, 4.69) is 5.32 Å². The normalized spacial score (nSPS) is 14.4. The predicted octanol–water partition coefficient (Wildman–Crippen LogP) is 5.26. The number of hydrogen-bond donors (Lipinski definition) is 1. The molecule has 0 saturated carbocycles. The SMILES string of the molecule is CC(=O)N1C=Cc2ccccc2[C@@H]1CC(=O)NCc1cn(-c2ccccc2)nc1-c1ccc(F)cc1. The van der Waals surface area contributed by atoms with E-state index >= 15 is 0 Å². The van der Waals surface area contributed by atoms with E-state index in [9.17, 15) is 14.0 Å². The largest absolute Gasteiger partial charge is 0.352 e. The van der Waals surface area contributed by atoms with E-state index in [0.29, 0.717) is 5.69 Å². The lowest BCUT2D eigenvalue weighted by molar-refractivity contribution is -0.130. The number of carbonyl (C=O) groups is 2. The number of rotatable bonds is 6. The molecule has 6 nitrogen and oxygen atoms in total. The van der Waals surface area contributed by atoms with Gasteiger partial charge < -0.3 is 10.2 Å². The summed E-state index contributed by atoms with van der Waals surface area (Å²) in [6, 6.07) is 23.2. The van der Waals surface area contributed by atoms with Gasteiger partial charge in [-0.3, -0.25) is 9.59 Å². The van der Waals surface area contributed by atoms with Gasteiger partial charge in [0.05, 0.1) is 23.8 Å². The first-order chi connectivity index (χ1) is 17.5. The Bertz CT molecular complexity index is 1430. The summed E-state index contributed by atoms with van der Waals surface area (Å²) >= 11 is 0. The van der Waals surface area contributed by atoms with Crippen molar-refractivity contribution in [3.8, 4) is 16.9 Å². The number of benzene rings is 3. The van der Waals surface area contributed by atoms with E-state index in [4.69, 9.17) is 5.10 Å². The highest BCUT2D eigenvalue weighted by atomic mass is 19.1. The molecular weight excluding hydrogens is 455 g/mol. The quantitative estimate of drug-likeness (QED) is 0.409. The maximum atomic E-state index is 13.5. The lowest BCUT2D eigenvalue weighted by atomic mass is 9.93. The van der Waals surface area contributed by atoms with Crippen molar-refractivity contribution in [2.75, 3.05) is 0 Å². The molecule has 0 aliphatic carbocycles. The summed E-state index contributed by atoms with van der Waals surface area (Å²) in [4.78, 5) is 26.9. The Hall–Kier alpha value is -4.52. The average Bonchev–Trinajstić information content (AvgIpc) is 3.33. The molecule has 1 aromatic heterocycles. The Morgan fingerprint density at radius 1 is 0.972 bits per heavy atom. The fourth-order valence-corrected chi connectivity index (χ4v) is 4.46. The standard InChI is InChI=1S/C29H25FN4O2/c1-20(35)33-16-15-21-7-5-6-10-26(21)27(33)17-28(36)31-18-23-19-34(25-8-3-2-4-9-25)32-29(23)22-11-13-24(30)14-12-22/h2-16,19,27H,17-18H2,1H3,(H,31,36)/t27-/m0/s1. The van der Waals surface area contributed by atoms with Gasteiger partial charge in [-0.15, -0.1) is 0 Å². The maximum absolute atomic E-state index is 13.5. The predicted molar refractivity (Wildman–Crippen MR) is 136 cm³/mol. The third-order valence-corrected chi connectivity index (χ3v) is 6.25. The highest BCUT2D eigenvalue weighted by Gasteiger charge is 2.28. The second-order valence-electron chi connectivity index (χ2n) is 8.66. The number of carbonyl (C=O) groups excluding carboxylic acids is 2. The molecule has 1 aliphatic heterocycles. The molecule has 1 aliphatic rings. The maximum Gasteiger partial charge on any atom is 0.223 e. The lowest BCUT2D eigenvalue weighted by Gasteiger charge is -2.32. The van der Waals surface area contributed by atoms with Crippen molar-refractivity contribution in [1.82, 2.24) is 20.0 Å². The van der Waals surface area contributed by atoms with E-state index in [-0.39, 0.29) is 36.6 Å². The number of halogens is 1. The van der Waals surface area contributed by atoms with Gasteiger partial charge >= 0.3 is 0 Å². The highest BCUT2D eigenvalue weighted by Crippen LogP contribution is 2.33. The number of hydrogen-bond acceptors (Lipinski definition) is 3. The number of aromatic nitrogens is 2. The van der Waals surface area contributed by atoms with Crippen molar-refractivity contribution in [2.45, 2.75) is 25.9 Å². The van der Waals surface area contributed by atoms with Crippen LogP contribution in [0.2, 0.25) is 0 Å². The first kappa shape index (κ1) is 23.2. The first-order valence-electron chi connectivity index (χ1n) is 11.7. The first-order valence-corrected chi connectivity index (χ1v) is 11.7. The number of nitrogens with zero attached hydrogens (tertiary/aromatic N) is 3. The van der Waals surface area contributed by atoms with Crippen LogP contribution < -0.4 is 5.32 Å². The zero-order chi connectivity index (χ0) is 25.1. The number of amides is 2. The summed E-state index contributed by atoms with van der Waals surface area (Å²) in [5, 5.41) is 7.71. The van der Waals surface area contributed by atoms with Gasteiger partial charge in [-0.1, -0.05) is 42.5 Å². The summed E-state index contributed by atoms with van der Waals surface area (Å²) in [5.74, 6) is -0.636. The molecule has 3 aromatic carbocycles. The van der Waals surface area contributed by atoms with Crippen LogP contribution in [0.4, 0.5) is 4.39 Å². The minimum Gasteiger partial charge on any atom is -0.352 e. The zero-order valence-electron chi connectivity index (χ0n) is 19.8. The lowest BCUT2D eigenvalue weighted by Crippen LogP contribution is -2.35. The molecule has 4 aromatic rings. The number of para-hydroxylation sites is 1. The van der Waals surface area contributed by atoms with Gasteiger partial charge in [-0.25, -0.2) is 9.07 Å². The van der Waals surface area contributed by atoms with Crippen LogP contribution in [0.5, 0.6) is 0 Å². The molecule has 7 heteroatoms. The van der Waals surface area contributed by atoms with Crippen LogP contribution in [0.1, 0.15) is 36.1 Å². The van der Waals surface area contributed by atoms with Crippen molar-refractivity contribution in [2.24, 2.45) is 0 Å². The molecule has 36 heavy (non-hydrogen) atoms. The van der Waals surface area contributed by atoms with Crippen LogP contribution in [0.3, 0.4) is 0 Å². The minimum absolute atomic E-state index is 0.124. The van der Waals surface area contributed by atoms with Crippen molar-refractivity contribution in [1.29, 1.82) is 0 Å². The van der Waals surface area contributed by atoms with Gasteiger partial charge in [0.15, 0.2) is 0 Å². The van der Waals surface area contributed by atoms with Gasteiger partial charge in [-0.05, 0) is 53.6 Å². The molecule has 1 N–H and O–H groups in total. The molecule has 1 atom stereocenters. The van der Waals surface area contributed by atoms with Crippen molar-refractivity contribution in [3.05, 3.63) is 114 Å². The molecule has 0 bridgehead atoms. The van der Waals surface area contributed by atoms with E-state index in [1.54, 1.807) is 27.9 Å². The topological polar surface area (TPSA) is 67.2 Å². The van der Waals surface area contributed by atoms with Crippen molar-refractivity contribution < 1.29 is 14.0 Å². The molecule has 2 amide bonds. The fraction of sp³-hybridized carbons (Fsp3) is 0.138. The Kier molecular flexibility index (Phi) is 6.45. The van der Waals surface area contributed by atoms with Gasteiger partial charge in [0.2, 0.25) is 11.8 Å². The van der Waals surface area contributed by atoms with Crippen LogP contribution in [0.15, 0.2) is 91.3 Å². The Morgan fingerprint density at radius 3 is 2.44 bits per heavy atom. The van der Waals surface area contributed by atoms with Crippen LogP contribution in [0, 0.1) is 5.82 Å². The second-order valence-corrected chi connectivity index (χ2v) is 8.66. The number of nitrogens with one attached hydrogen (secondary N) is 1. The van der Waals surface area contributed by atoms with Gasteiger partial charge in [-0.2, -0.15) is 5.10 Å². The monoisotopic (exact) mass is 480 g/mol. The zero-order valence-corrected chi connectivity index (χ0v) is 19.8. The third kappa shape index (κ3) is 4.81. The molecule has 0 fully saturated rings. The average molecular weight is 481 g/mol. The van der Waals surface area contributed by atoms with E-state index < -0.39 is 0 Å². The molecule has 2 heterocycles. The van der Waals surface area contributed by atoms with Gasteiger partial charge in [0.1, 0.15) is 5.82 Å². The van der Waals surface area contributed by atoms with E-state index in [0.717, 1.165) is 27.9 Å². The van der Waals surface area contributed by atoms with Crippen LogP contribution >= 0.6 is 0 Å². The van der Waals surface area contributed by atoms with Crippen molar-refractivity contribution >= 4 is 17.9 Å². The Labute approximate surface area is 208 Å². The molecule has 0 spiro atoms. The summed E-state index contributed by atoms with van der Waals surface area (Å²) in [6.45, 7) is 1.73. The second kappa shape index (κ2) is 10.00. The Morgan fingerprint density at radius 2 is 1.69 bits per heavy atom. The smallest absolute Gasteiger partial charge is 0.223 e. The summed E-state index contributed by atoms with van der Waals surface area (Å²) in [6.07, 6.45) is 5.62. The van der Waals surface area contributed by atoms with Crippen LogP contribution in [0.25, 0.3) is 23.0 Å². The van der Waals surface area contributed by atoms with Crippen molar-refractivity contribution in [3.63, 3.8) is 0 Å². The summed E-state index contributed by atoms with van der Waals surface area (Å²) in [7, 11) is 0. The third-order valence-electron chi connectivity index (χ3n) is 6.25. The highest BCUT2D eigenvalue weighted by molar-refractivity contribution is 5.82. The van der Waals surface area contributed by atoms with Crippen LogP contribution in [-0.2, 0) is 16.1 Å². The fourth-order valence-electron chi connectivity index (χ4n) is 4.46. The summed E-state index contributed by atoms with van der Waals surface area (Å²) in [5.41, 5.74) is 5.02. The molecule has 0 saturated heterocycles. The van der Waals surface area contributed by atoms with Gasteiger partial charge in [0, 0.05) is 37.0 Å². The van der Waals surface area contributed by atoms with Crippen LogP contribution in [-0.4, -0.2) is 26.5 Å². The molecular formula is C29H25FN4O2. The number of fused-ring (bicyclic) bond motifs is 1. The molecule has 180 valence electrons. The summed E-state index contributed by atoms with van der Waals surface area (Å²) < 4.78 is 15.3. The van der Waals surface area contributed by atoms with Gasteiger partial charge in [0.25, 0.3) is 0 Å². The molecule has 0 unspecified atom stereocenters. The molecule has 0 radical (unpaired) electrons. The van der Waals surface area contributed by atoms with E-state index in [1.165, 1.54) is 19.1 Å².